The number of anilines is 1. The molecule has 0 spiro atoms. The zero-order chi connectivity index (χ0) is 22.1. The lowest BCUT2D eigenvalue weighted by atomic mass is 10.2. The minimum Gasteiger partial charge on any atom is -0.356 e. The molecule has 0 atom stereocenters. The number of benzene rings is 1. The summed E-state index contributed by atoms with van der Waals surface area (Å²) in [7, 11) is 0. The molecule has 30 heavy (non-hydrogen) atoms. The molecule has 0 aliphatic carbocycles. The summed E-state index contributed by atoms with van der Waals surface area (Å²) in [4.78, 5) is 42.9. The Kier molecular flexibility index (Phi) is 9.26. The van der Waals surface area contributed by atoms with Gasteiger partial charge >= 0.3 is 0 Å². The number of halogens is 1. The summed E-state index contributed by atoms with van der Waals surface area (Å²) in [6.45, 7) is 6.97. The van der Waals surface area contributed by atoms with E-state index < -0.39 is 0 Å². The standard InChI is InChI=1S/C21H27ClN4O3S/c1-4-9-26(20(29)15-5-7-16(22)8-6-15)12-19(28)25-21-24-17(13-30-21)10-18(27)23-11-14(2)3/h5-8,13-14H,4,9-12H2,1-3H3,(H,23,27)(H,24,25,28). The highest BCUT2D eigenvalue weighted by atomic mass is 35.5. The molecule has 0 aliphatic rings. The van der Waals surface area contributed by atoms with Crippen LogP contribution in [-0.2, 0) is 16.0 Å². The summed E-state index contributed by atoms with van der Waals surface area (Å²) in [5.41, 5.74) is 1.07. The average Bonchev–Trinajstić information content (AvgIpc) is 3.12. The van der Waals surface area contributed by atoms with Crippen LogP contribution < -0.4 is 10.6 Å². The number of nitrogens with one attached hydrogen (secondary N) is 2. The van der Waals surface area contributed by atoms with E-state index in [0.717, 1.165) is 6.42 Å². The Hall–Kier alpha value is -2.45. The van der Waals surface area contributed by atoms with Gasteiger partial charge in [-0.1, -0.05) is 32.4 Å². The number of rotatable bonds is 10. The second-order valence-electron chi connectivity index (χ2n) is 7.30. The maximum atomic E-state index is 12.7. The van der Waals surface area contributed by atoms with Gasteiger partial charge in [0.05, 0.1) is 12.1 Å². The zero-order valence-corrected chi connectivity index (χ0v) is 19.0. The Morgan fingerprint density at radius 3 is 2.50 bits per heavy atom. The first-order valence-corrected chi connectivity index (χ1v) is 11.1. The molecule has 0 unspecified atom stereocenters. The largest absolute Gasteiger partial charge is 0.356 e. The fourth-order valence-corrected chi connectivity index (χ4v) is 3.47. The van der Waals surface area contributed by atoms with Crippen molar-refractivity contribution < 1.29 is 14.4 Å². The molecule has 3 amide bonds. The number of nitrogens with zero attached hydrogens (tertiary/aromatic N) is 2. The van der Waals surface area contributed by atoms with Gasteiger partial charge in [0.1, 0.15) is 6.54 Å². The summed E-state index contributed by atoms with van der Waals surface area (Å²) >= 11 is 7.13. The van der Waals surface area contributed by atoms with Crippen LogP contribution in [0.1, 0.15) is 43.2 Å². The maximum Gasteiger partial charge on any atom is 0.254 e. The van der Waals surface area contributed by atoms with Crippen molar-refractivity contribution in [2.75, 3.05) is 25.0 Å². The highest BCUT2D eigenvalue weighted by molar-refractivity contribution is 7.13. The molecule has 0 fully saturated rings. The molecule has 1 aromatic heterocycles. The molecule has 2 N–H and O–H groups in total. The van der Waals surface area contributed by atoms with Gasteiger partial charge in [0.2, 0.25) is 11.8 Å². The van der Waals surface area contributed by atoms with Gasteiger partial charge in [0.25, 0.3) is 5.91 Å². The van der Waals surface area contributed by atoms with E-state index in [2.05, 4.69) is 15.6 Å². The van der Waals surface area contributed by atoms with Gasteiger partial charge in [-0.25, -0.2) is 4.98 Å². The van der Waals surface area contributed by atoms with Crippen molar-refractivity contribution in [3.63, 3.8) is 0 Å². The quantitative estimate of drug-likeness (QED) is 0.578. The van der Waals surface area contributed by atoms with Crippen LogP contribution >= 0.6 is 22.9 Å². The van der Waals surface area contributed by atoms with Crippen LogP contribution in [-0.4, -0.2) is 47.2 Å². The van der Waals surface area contributed by atoms with Crippen molar-refractivity contribution in [3.05, 3.63) is 45.9 Å². The smallest absolute Gasteiger partial charge is 0.254 e. The van der Waals surface area contributed by atoms with E-state index in [-0.39, 0.29) is 30.7 Å². The Morgan fingerprint density at radius 1 is 1.17 bits per heavy atom. The number of hydrogen-bond acceptors (Lipinski definition) is 5. The van der Waals surface area contributed by atoms with Crippen LogP contribution in [0.5, 0.6) is 0 Å². The van der Waals surface area contributed by atoms with Crippen LogP contribution in [0, 0.1) is 5.92 Å². The van der Waals surface area contributed by atoms with Gasteiger partial charge in [0.15, 0.2) is 5.13 Å². The van der Waals surface area contributed by atoms with Gasteiger partial charge in [0, 0.05) is 29.1 Å². The first kappa shape index (κ1) is 23.8. The summed E-state index contributed by atoms with van der Waals surface area (Å²) in [6, 6.07) is 6.58. The third-order valence-corrected chi connectivity index (χ3v) is 5.11. The van der Waals surface area contributed by atoms with Gasteiger partial charge in [-0.05, 0) is 36.6 Å². The van der Waals surface area contributed by atoms with E-state index in [1.165, 1.54) is 16.2 Å². The predicted octanol–water partition coefficient (Wildman–Crippen LogP) is 3.60. The first-order chi connectivity index (χ1) is 14.3. The molecule has 2 aromatic rings. The summed E-state index contributed by atoms with van der Waals surface area (Å²) in [6.07, 6.45) is 0.885. The van der Waals surface area contributed by atoms with Crippen LogP contribution in [0.2, 0.25) is 5.02 Å². The Morgan fingerprint density at radius 2 is 1.87 bits per heavy atom. The molecule has 0 aliphatic heterocycles. The summed E-state index contributed by atoms with van der Waals surface area (Å²) < 4.78 is 0. The topological polar surface area (TPSA) is 91.4 Å². The van der Waals surface area contributed by atoms with Crippen LogP contribution in [0.15, 0.2) is 29.6 Å². The lowest BCUT2D eigenvalue weighted by molar-refractivity contribution is -0.120. The van der Waals surface area contributed by atoms with Gasteiger partial charge in [-0.15, -0.1) is 11.3 Å². The lowest BCUT2D eigenvalue weighted by Gasteiger charge is -2.21. The molecule has 0 bridgehead atoms. The van der Waals surface area contributed by atoms with E-state index in [1.807, 2.05) is 20.8 Å². The number of carbonyl (C=O) groups is 3. The average molecular weight is 451 g/mol. The molecule has 7 nitrogen and oxygen atoms in total. The number of aromatic nitrogens is 1. The van der Waals surface area contributed by atoms with Gasteiger partial charge in [-0.3, -0.25) is 14.4 Å². The monoisotopic (exact) mass is 450 g/mol. The minimum atomic E-state index is -0.337. The highest BCUT2D eigenvalue weighted by Crippen LogP contribution is 2.16. The normalized spacial score (nSPS) is 10.7. The lowest BCUT2D eigenvalue weighted by Crippen LogP contribution is -2.38. The molecule has 0 saturated heterocycles. The molecular formula is C21H27ClN4O3S. The van der Waals surface area contributed by atoms with E-state index in [9.17, 15) is 14.4 Å². The Bertz CT molecular complexity index is 867. The van der Waals surface area contributed by atoms with Crippen LogP contribution in [0.4, 0.5) is 5.13 Å². The second kappa shape index (κ2) is 11.7. The van der Waals surface area contributed by atoms with Crippen molar-refractivity contribution in [3.8, 4) is 0 Å². The van der Waals surface area contributed by atoms with E-state index in [1.54, 1.807) is 29.6 Å². The molecule has 0 saturated carbocycles. The van der Waals surface area contributed by atoms with Crippen molar-refractivity contribution in [1.29, 1.82) is 0 Å². The summed E-state index contributed by atoms with van der Waals surface area (Å²) in [5.74, 6) is -0.295. The molecule has 1 aromatic carbocycles. The SMILES string of the molecule is CCCN(CC(=O)Nc1nc(CC(=O)NCC(C)C)cs1)C(=O)c1ccc(Cl)cc1. The molecule has 0 radical (unpaired) electrons. The Balaban J connectivity index is 1.92. The third kappa shape index (κ3) is 7.76. The second-order valence-corrected chi connectivity index (χ2v) is 8.60. The van der Waals surface area contributed by atoms with Crippen molar-refractivity contribution in [1.82, 2.24) is 15.2 Å². The first-order valence-electron chi connectivity index (χ1n) is 9.84. The van der Waals surface area contributed by atoms with Crippen molar-refractivity contribution >= 4 is 45.8 Å². The van der Waals surface area contributed by atoms with Gasteiger partial charge < -0.3 is 15.5 Å². The van der Waals surface area contributed by atoms with Crippen LogP contribution in [0.25, 0.3) is 0 Å². The van der Waals surface area contributed by atoms with E-state index >= 15 is 0 Å². The molecule has 9 heteroatoms. The highest BCUT2D eigenvalue weighted by Gasteiger charge is 2.19. The fraction of sp³-hybridized carbons (Fsp3) is 0.429. The number of carbonyl (C=O) groups excluding carboxylic acids is 3. The van der Waals surface area contributed by atoms with Crippen molar-refractivity contribution in [2.24, 2.45) is 5.92 Å². The predicted molar refractivity (Wildman–Crippen MR) is 120 cm³/mol. The van der Waals surface area contributed by atoms with E-state index in [4.69, 9.17) is 11.6 Å². The number of hydrogen-bond donors (Lipinski definition) is 2. The number of thiazole rings is 1. The number of amides is 3. The molecular weight excluding hydrogens is 424 g/mol. The third-order valence-electron chi connectivity index (χ3n) is 4.05. The molecule has 1 heterocycles. The van der Waals surface area contributed by atoms with Gasteiger partial charge in [-0.2, -0.15) is 0 Å². The maximum absolute atomic E-state index is 12.7. The van der Waals surface area contributed by atoms with Crippen LogP contribution in [0.3, 0.4) is 0 Å². The van der Waals surface area contributed by atoms with Crippen molar-refractivity contribution in [2.45, 2.75) is 33.6 Å². The molecule has 2 rings (SSSR count). The Labute approximate surface area is 185 Å². The molecule has 162 valence electrons. The van der Waals surface area contributed by atoms with E-state index in [0.29, 0.717) is 40.4 Å². The zero-order valence-electron chi connectivity index (χ0n) is 17.4. The summed E-state index contributed by atoms with van der Waals surface area (Å²) in [5, 5.41) is 8.24. The fourth-order valence-electron chi connectivity index (χ4n) is 2.62. The minimum absolute atomic E-state index is 0.0842.